The number of carboxylic acids is 1. The summed E-state index contributed by atoms with van der Waals surface area (Å²) >= 11 is 1.13. The zero-order chi connectivity index (χ0) is 19.1. The van der Waals surface area contributed by atoms with E-state index < -0.39 is 5.97 Å². The topological polar surface area (TPSA) is 70.0 Å². The first-order valence-electron chi connectivity index (χ1n) is 8.70. The average molecular weight is 380 g/mol. The van der Waals surface area contributed by atoms with Crippen LogP contribution in [0.2, 0.25) is 0 Å². The average Bonchev–Trinajstić information content (AvgIpc) is 2.96. The highest BCUT2D eigenvalue weighted by Gasteiger charge is 2.33. The summed E-state index contributed by atoms with van der Waals surface area (Å²) in [5.41, 5.74) is 2.29. The lowest BCUT2D eigenvalue weighted by atomic mass is 10.1. The molecule has 0 saturated carbocycles. The van der Waals surface area contributed by atoms with E-state index in [0.717, 1.165) is 29.8 Å². The van der Waals surface area contributed by atoms with Crippen LogP contribution in [0, 0.1) is 0 Å². The Morgan fingerprint density at radius 1 is 1.00 bits per heavy atom. The van der Waals surface area contributed by atoms with Crippen molar-refractivity contribution in [2.24, 2.45) is 4.99 Å². The first kappa shape index (κ1) is 18.9. The van der Waals surface area contributed by atoms with Crippen molar-refractivity contribution in [1.29, 1.82) is 0 Å². The van der Waals surface area contributed by atoms with E-state index in [1.54, 1.807) is 4.90 Å². The number of amidine groups is 1. The van der Waals surface area contributed by atoms with Crippen LogP contribution in [0.3, 0.4) is 0 Å². The lowest BCUT2D eigenvalue weighted by molar-refractivity contribution is -0.132. The van der Waals surface area contributed by atoms with Gasteiger partial charge in [0, 0.05) is 19.2 Å². The minimum Gasteiger partial charge on any atom is -0.478 e. The van der Waals surface area contributed by atoms with Gasteiger partial charge < -0.3 is 5.11 Å². The Hall–Kier alpha value is -2.86. The number of hydrogen-bond donors (Lipinski definition) is 1. The van der Waals surface area contributed by atoms with Gasteiger partial charge in [-0.1, -0.05) is 60.7 Å². The second-order valence-corrected chi connectivity index (χ2v) is 7.05. The molecule has 138 valence electrons. The molecule has 1 aliphatic rings. The SMILES string of the molecule is O=C(O)/C=C1\S/C(=N\CCc2ccccc2)N(CCc2ccccc2)C1=O. The number of benzene rings is 2. The number of nitrogens with zero attached hydrogens (tertiary/aromatic N) is 2. The fourth-order valence-electron chi connectivity index (χ4n) is 2.75. The molecule has 0 spiro atoms. The van der Waals surface area contributed by atoms with Crippen LogP contribution in [0.4, 0.5) is 0 Å². The molecule has 6 heteroatoms. The molecule has 27 heavy (non-hydrogen) atoms. The smallest absolute Gasteiger partial charge is 0.329 e. The summed E-state index contributed by atoms with van der Waals surface area (Å²) in [5.74, 6) is -1.42. The zero-order valence-electron chi connectivity index (χ0n) is 14.7. The van der Waals surface area contributed by atoms with Crippen molar-refractivity contribution < 1.29 is 14.7 Å². The Kier molecular flexibility index (Phi) is 6.44. The number of carboxylic acid groups (broad SMARTS) is 1. The number of rotatable bonds is 7. The monoisotopic (exact) mass is 380 g/mol. The molecule has 1 aliphatic heterocycles. The Morgan fingerprint density at radius 2 is 1.59 bits per heavy atom. The summed E-state index contributed by atoms with van der Waals surface area (Å²) in [6, 6.07) is 19.9. The molecule has 0 atom stereocenters. The van der Waals surface area contributed by atoms with Crippen LogP contribution in [0.1, 0.15) is 11.1 Å². The first-order chi connectivity index (χ1) is 13.1. The number of aliphatic imine (C=N–C) groups is 1. The third kappa shape index (κ3) is 5.31. The van der Waals surface area contributed by atoms with Crippen molar-refractivity contribution in [3.63, 3.8) is 0 Å². The summed E-state index contributed by atoms with van der Waals surface area (Å²) in [5, 5.41) is 9.57. The van der Waals surface area contributed by atoms with Crippen LogP contribution in [-0.2, 0) is 22.4 Å². The van der Waals surface area contributed by atoms with E-state index in [-0.39, 0.29) is 10.8 Å². The highest BCUT2D eigenvalue weighted by Crippen LogP contribution is 2.31. The highest BCUT2D eigenvalue weighted by atomic mass is 32.2. The fraction of sp³-hybridized carbons (Fsp3) is 0.190. The molecule has 0 unspecified atom stereocenters. The van der Waals surface area contributed by atoms with Gasteiger partial charge in [-0.05, 0) is 35.7 Å². The molecule has 0 radical (unpaired) electrons. The maximum Gasteiger partial charge on any atom is 0.329 e. The Bertz CT molecular complexity index is 864. The van der Waals surface area contributed by atoms with Gasteiger partial charge in [-0.2, -0.15) is 0 Å². The third-order valence-electron chi connectivity index (χ3n) is 4.10. The molecule has 0 bridgehead atoms. The molecule has 1 amide bonds. The van der Waals surface area contributed by atoms with Crippen LogP contribution >= 0.6 is 11.8 Å². The van der Waals surface area contributed by atoms with Crippen LogP contribution in [0.25, 0.3) is 0 Å². The van der Waals surface area contributed by atoms with Gasteiger partial charge in [0.1, 0.15) is 0 Å². The molecule has 1 heterocycles. The Morgan fingerprint density at radius 3 is 2.19 bits per heavy atom. The van der Waals surface area contributed by atoms with Gasteiger partial charge in [-0.3, -0.25) is 14.7 Å². The van der Waals surface area contributed by atoms with Gasteiger partial charge in [0.25, 0.3) is 5.91 Å². The molecule has 5 nitrogen and oxygen atoms in total. The maximum absolute atomic E-state index is 12.6. The number of aliphatic carboxylic acids is 1. The second kappa shape index (κ2) is 9.19. The van der Waals surface area contributed by atoms with Crippen LogP contribution in [0.15, 0.2) is 76.6 Å². The van der Waals surface area contributed by atoms with Gasteiger partial charge in [0.05, 0.1) is 4.91 Å². The van der Waals surface area contributed by atoms with E-state index in [2.05, 4.69) is 4.99 Å². The van der Waals surface area contributed by atoms with Crippen molar-refractivity contribution in [2.75, 3.05) is 13.1 Å². The predicted octanol–water partition coefficient (Wildman–Crippen LogP) is 3.37. The Labute approximate surface area is 162 Å². The van der Waals surface area contributed by atoms with E-state index in [0.29, 0.717) is 24.7 Å². The summed E-state index contributed by atoms with van der Waals surface area (Å²) in [6.07, 6.45) is 2.41. The molecule has 3 rings (SSSR count). The molecule has 0 aliphatic carbocycles. The third-order valence-corrected chi connectivity index (χ3v) is 5.14. The highest BCUT2D eigenvalue weighted by molar-refractivity contribution is 8.18. The molecule has 1 N–H and O–H groups in total. The predicted molar refractivity (Wildman–Crippen MR) is 108 cm³/mol. The molecule has 1 saturated heterocycles. The van der Waals surface area contributed by atoms with Crippen LogP contribution in [-0.4, -0.2) is 40.1 Å². The van der Waals surface area contributed by atoms with Crippen molar-refractivity contribution in [3.8, 4) is 0 Å². The van der Waals surface area contributed by atoms with Gasteiger partial charge in [-0.25, -0.2) is 4.79 Å². The van der Waals surface area contributed by atoms with Crippen molar-refractivity contribution in [3.05, 3.63) is 82.8 Å². The quantitative estimate of drug-likeness (QED) is 0.748. The second-order valence-electron chi connectivity index (χ2n) is 6.04. The van der Waals surface area contributed by atoms with E-state index in [4.69, 9.17) is 5.11 Å². The molecule has 1 fully saturated rings. The van der Waals surface area contributed by atoms with Gasteiger partial charge in [-0.15, -0.1) is 0 Å². The molecule has 2 aromatic carbocycles. The van der Waals surface area contributed by atoms with Gasteiger partial charge in [0.2, 0.25) is 0 Å². The summed E-state index contributed by atoms with van der Waals surface area (Å²) in [6.45, 7) is 1.01. The van der Waals surface area contributed by atoms with Crippen molar-refractivity contribution >= 4 is 28.8 Å². The minimum atomic E-state index is -1.13. The van der Waals surface area contributed by atoms with E-state index in [1.807, 2.05) is 60.7 Å². The zero-order valence-corrected chi connectivity index (χ0v) is 15.6. The van der Waals surface area contributed by atoms with Crippen LogP contribution in [0.5, 0.6) is 0 Å². The normalized spacial score (nSPS) is 17.0. The lowest BCUT2D eigenvalue weighted by Gasteiger charge is -2.15. The number of thioether (sulfide) groups is 1. The standard InChI is InChI=1S/C21H20N2O3S/c24-19(25)15-18-20(26)23(14-12-17-9-5-2-6-10-17)21(27-18)22-13-11-16-7-3-1-4-8-16/h1-10,15H,11-14H2,(H,24,25)/b18-15-,22-21-. The number of carbonyl (C=O) groups excluding carboxylic acids is 1. The fourth-order valence-corrected chi connectivity index (χ4v) is 3.74. The lowest BCUT2D eigenvalue weighted by Crippen LogP contribution is -2.31. The first-order valence-corrected chi connectivity index (χ1v) is 9.52. The molecule has 2 aromatic rings. The number of carbonyl (C=O) groups is 2. The maximum atomic E-state index is 12.6. The van der Waals surface area contributed by atoms with E-state index >= 15 is 0 Å². The van der Waals surface area contributed by atoms with Gasteiger partial charge >= 0.3 is 5.97 Å². The van der Waals surface area contributed by atoms with Crippen LogP contribution < -0.4 is 0 Å². The van der Waals surface area contributed by atoms with E-state index in [9.17, 15) is 9.59 Å². The summed E-state index contributed by atoms with van der Waals surface area (Å²) in [4.78, 5) is 29.9. The van der Waals surface area contributed by atoms with Crippen molar-refractivity contribution in [2.45, 2.75) is 12.8 Å². The number of hydrogen-bond acceptors (Lipinski definition) is 4. The van der Waals surface area contributed by atoms with Gasteiger partial charge in [0.15, 0.2) is 5.17 Å². The largest absolute Gasteiger partial charge is 0.478 e. The molecular weight excluding hydrogens is 360 g/mol. The van der Waals surface area contributed by atoms with Crippen molar-refractivity contribution in [1.82, 2.24) is 4.90 Å². The minimum absolute atomic E-state index is 0.203. The molecule has 0 aromatic heterocycles. The summed E-state index contributed by atoms with van der Waals surface area (Å²) in [7, 11) is 0. The summed E-state index contributed by atoms with van der Waals surface area (Å²) < 4.78 is 0. The number of amides is 1. The van der Waals surface area contributed by atoms with E-state index in [1.165, 1.54) is 5.56 Å². The molecular formula is C21H20N2O3S. The Balaban J connectivity index is 1.72.